The molecule has 0 unspecified atom stereocenters. The maximum Gasteiger partial charge on any atom is 0.310 e. The number of rotatable bonds is 8. The molecule has 1 amide bonds. The average Bonchev–Trinajstić information content (AvgIpc) is 2.88. The Balaban J connectivity index is 1.16. The molecule has 0 spiro atoms. The first-order valence-electron chi connectivity index (χ1n) is 14.7. The Hall–Kier alpha value is -1.46. The van der Waals surface area contributed by atoms with Crippen molar-refractivity contribution in [1.29, 1.82) is 0 Å². The lowest BCUT2D eigenvalue weighted by atomic mass is 9.45. The summed E-state index contributed by atoms with van der Waals surface area (Å²) in [6, 6.07) is 8.10. The Morgan fingerprint density at radius 2 is 1.74 bits per heavy atom. The van der Waals surface area contributed by atoms with Gasteiger partial charge in [0.1, 0.15) is 6.10 Å². The van der Waals surface area contributed by atoms with E-state index in [0.29, 0.717) is 47.8 Å². The Labute approximate surface area is 238 Å². The van der Waals surface area contributed by atoms with Gasteiger partial charge in [0.15, 0.2) is 0 Å². The number of benzene rings is 1. The van der Waals surface area contributed by atoms with Crippen molar-refractivity contribution in [3.8, 4) is 0 Å². The predicted octanol–water partition coefficient (Wildman–Crippen LogP) is 6.34. The summed E-state index contributed by atoms with van der Waals surface area (Å²) in [6.45, 7) is 6.31. The number of fused-ring (bicyclic) bond motifs is 5. The molecule has 5 nitrogen and oxygen atoms in total. The van der Waals surface area contributed by atoms with Gasteiger partial charge in [-0.05, 0) is 105 Å². The normalized spacial score (nSPS) is 36.3. The van der Waals surface area contributed by atoms with Gasteiger partial charge in [-0.3, -0.25) is 9.59 Å². The molecule has 0 bridgehead atoms. The van der Waals surface area contributed by atoms with E-state index in [0.717, 1.165) is 62.4 Å². The standard InChI is InChI=1S/C31H44Cl2N2O3/c1-30-13-11-24(38-29(37)19-21-3-6-23(7-4-21)35(17-15-32)18-16-33)20-22(30)5-8-25-26(30)12-14-31(2)27(25)9-10-28(36)34-31/h3-4,6-7,22,24-27H,5,8-20H2,1-2H3,(H,34,36)/t22-,24-,25+,26-,27-,30-,31+/m0/s1. The lowest BCUT2D eigenvalue weighted by Crippen LogP contribution is -2.63. The zero-order valence-electron chi connectivity index (χ0n) is 23.0. The smallest absolute Gasteiger partial charge is 0.310 e. The van der Waals surface area contributed by atoms with E-state index in [1.165, 1.54) is 19.3 Å². The molecular formula is C31H44Cl2N2O3. The van der Waals surface area contributed by atoms with Gasteiger partial charge < -0.3 is 15.0 Å². The summed E-state index contributed by atoms with van der Waals surface area (Å²) < 4.78 is 6.06. The monoisotopic (exact) mass is 562 g/mol. The number of esters is 1. The fraction of sp³-hybridized carbons (Fsp3) is 0.742. The number of nitrogens with one attached hydrogen (secondary N) is 1. The molecule has 38 heavy (non-hydrogen) atoms. The minimum Gasteiger partial charge on any atom is -0.462 e. The number of nitrogens with zero attached hydrogens (tertiary/aromatic N) is 1. The van der Waals surface area contributed by atoms with Crippen molar-refractivity contribution in [2.45, 2.75) is 89.7 Å². The van der Waals surface area contributed by atoms with E-state index in [9.17, 15) is 9.59 Å². The number of carbonyl (C=O) groups excluding carboxylic acids is 2. The zero-order chi connectivity index (χ0) is 26.9. The van der Waals surface area contributed by atoms with E-state index in [1.54, 1.807) is 0 Å². The van der Waals surface area contributed by atoms with Crippen LogP contribution in [0.15, 0.2) is 24.3 Å². The van der Waals surface area contributed by atoms with Gasteiger partial charge in [0.25, 0.3) is 0 Å². The van der Waals surface area contributed by atoms with Gasteiger partial charge in [-0.25, -0.2) is 0 Å². The third kappa shape index (κ3) is 5.57. The van der Waals surface area contributed by atoms with Crippen molar-refractivity contribution in [2.75, 3.05) is 29.7 Å². The Morgan fingerprint density at radius 3 is 2.45 bits per heavy atom. The van der Waals surface area contributed by atoms with Crippen LogP contribution in [0.25, 0.3) is 0 Å². The van der Waals surface area contributed by atoms with Crippen LogP contribution in [0, 0.1) is 29.1 Å². The Morgan fingerprint density at radius 1 is 1.00 bits per heavy atom. The van der Waals surface area contributed by atoms with Crippen LogP contribution in [0.4, 0.5) is 5.69 Å². The van der Waals surface area contributed by atoms with Crippen LogP contribution in [-0.4, -0.2) is 48.4 Å². The predicted molar refractivity (Wildman–Crippen MR) is 154 cm³/mol. The van der Waals surface area contributed by atoms with Crippen molar-refractivity contribution in [3.63, 3.8) is 0 Å². The van der Waals surface area contributed by atoms with Crippen molar-refractivity contribution in [3.05, 3.63) is 29.8 Å². The van der Waals surface area contributed by atoms with E-state index in [2.05, 4.69) is 24.1 Å². The number of amides is 1. The summed E-state index contributed by atoms with van der Waals surface area (Å²) in [4.78, 5) is 27.2. The highest BCUT2D eigenvalue weighted by Gasteiger charge is 2.58. The summed E-state index contributed by atoms with van der Waals surface area (Å²) >= 11 is 11.9. The van der Waals surface area contributed by atoms with Crippen molar-refractivity contribution < 1.29 is 14.3 Å². The number of hydrogen-bond donors (Lipinski definition) is 1. The number of hydrogen-bond acceptors (Lipinski definition) is 4. The second-order valence-corrected chi connectivity index (χ2v) is 13.6. The second-order valence-electron chi connectivity index (χ2n) is 12.8. The van der Waals surface area contributed by atoms with Crippen LogP contribution in [0.2, 0.25) is 0 Å². The van der Waals surface area contributed by atoms with Crippen LogP contribution >= 0.6 is 23.2 Å². The van der Waals surface area contributed by atoms with Gasteiger partial charge >= 0.3 is 5.97 Å². The van der Waals surface area contributed by atoms with Gasteiger partial charge in [-0.2, -0.15) is 0 Å². The van der Waals surface area contributed by atoms with Crippen molar-refractivity contribution in [1.82, 2.24) is 5.32 Å². The molecule has 1 aliphatic heterocycles. The lowest BCUT2D eigenvalue weighted by molar-refractivity contribution is -0.162. The number of piperidine rings is 1. The van der Waals surface area contributed by atoms with Gasteiger partial charge in [0, 0.05) is 42.5 Å². The van der Waals surface area contributed by atoms with Crippen LogP contribution < -0.4 is 10.2 Å². The molecule has 7 atom stereocenters. The van der Waals surface area contributed by atoms with Gasteiger partial charge in [0.05, 0.1) is 6.42 Å². The highest BCUT2D eigenvalue weighted by Crippen LogP contribution is 2.62. The fourth-order valence-corrected chi connectivity index (χ4v) is 9.20. The van der Waals surface area contributed by atoms with Crippen molar-refractivity contribution in [2.24, 2.45) is 29.1 Å². The molecule has 0 radical (unpaired) electrons. The molecule has 210 valence electrons. The number of carbonyl (C=O) groups is 2. The third-order valence-electron chi connectivity index (χ3n) is 10.8. The molecular weight excluding hydrogens is 519 g/mol. The molecule has 1 aromatic carbocycles. The van der Waals surface area contributed by atoms with E-state index in [4.69, 9.17) is 27.9 Å². The topological polar surface area (TPSA) is 58.6 Å². The summed E-state index contributed by atoms with van der Waals surface area (Å²) in [6.07, 6.45) is 9.93. The van der Waals surface area contributed by atoms with E-state index in [-0.39, 0.29) is 23.5 Å². The summed E-state index contributed by atoms with van der Waals surface area (Å²) in [5.41, 5.74) is 2.35. The molecule has 4 aliphatic rings. The largest absolute Gasteiger partial charge is 0.462 e. The first kappa shape index (κ1) is 28.1. The molecule has 4 fully saturated rings. The number of halogens is 2. The number of ether oxygens (including phenoxy) is 1. The molecule has 1 aromatic rings. The summed E-state index contributed by atoms with van der Waals surface area (Å²) in [5.74, 6) is 3.87. The fourth-order valence-electron chi connectivity index (χ4n) is 8.79. The lowest BCUT2D eigenvalue weighted by Gasteiger charge is -2.62. The van der Waals surface area contributed by atoms with Crippen LogP contribution in [0.3, 0.4) is 0 Å². The van der Waals surface area contributed by atoms with Crippen LogP contribution in [0.1, 0.15) is 77.2 Å². The molecule has 1 N–H and O–H groups in total. The summed E-state index contributed by atoms with van der Waals surface area (Å²) in [5, 5.41) is 3.37. The maximum absolute atomic E-state index is 12.9. The second kappa shape index (κ2) is 11.6. The van der Waals surface area contributed by atoms with E-state index >= 15 is 0 Å². The van der Waals surface area contributed by atoms with Gasteiger partial charge in [-0.1, -0.05) is 19.1 Å². The third-order valence-corrected chi connectivity index (χ3v) is 11.1. The maximum atomic E-state index is 12.9. The quantitative estimate of drug-likeness (QED) is 0.297. The van der Waals surface area contributed by atoms with E-state index in [1.807, 2.05) is 24.3 Å². The first-order valence-corrected chi connectivity index (χ1v) is 15.8. The highest BCUT2D eigenvalue weighted by molar-refractivity contribution is 6.18. The minimum atomic E-state index is -0.121. The van der Waals surface area contributed by atoms with Crippen LogP contribution in [0.5, 0.6) is 0 Å². The Bertz CT molecular complexity index is 997. The van der Waals surface area contributed by atoms with Crippen molar-refractivity contribution >= 4 is 40.8 Å². The molecule has 1 heterocycles. The molecule has 1 saturated heterocycles. The van der Waals surface area contributed by atoms with Gasteiger partial charge in [-0.15, -0.1) is 23.2 Å². The zero-order valence-corrected chi connectivity index (χ0v) is 24.5. The first-order chi connectivity index (χ1) is 18.3. The van der Waals surface area contributed by atoms with Crippen LogP contribution in [-0.2, 0) is 20.7 Å². The Kier molecular flexibility index (Phi) is 8.55. The summed E-state index contributed by atoms with van der Waals surface area (Å²) in [7, 11) is 0. The molecule has 3 aliphatic carbocycles. The SMILES string of the molecule is C[C@]12CC[C@H](OC(=O)Cc3ccc(N(CCCl)CCCl)cc3)C[C@@H]1CC[C@@H]1[C@@H]2CC[C@@]2(C)NC(=O)CC[C@@H]12. The van der Waals surface area contributed by atoms with Gasteiger partial charge in [0.2, 0.25) is 5.91 Å². The average molecular weight is 564 g/mol. The molecule has 0 aromatic heterocycles. The molecule has 3 saturated carbocycles. The molecule has 5 rings (SSSR count). The number of anilines is 1. The highest BCUT2D eigenvalue weighted by atomic mass is 35.5. The molecule has 7 heteroatoms. The van der Waals surface area contributed by atoms with E-state index < -0.39 is 0 Å². The minimum absolute atomic E-state index is 0.0167. The number of alkyl halides is 2.